The lowest BCUT2D eigenvalue weighted by Gasteiger charge is -2.12. The second-order valence-electron chi connectivity index (χ2n) is 5.55. The van der Waals surface area contributed by atoms with E-state index in [1.54, 1.807) is 9.88 Å². The molecule has 0 saturated carbocycles. The molecule has 1 rings (SSSR count). The summed E-state index contributed by atoms with van der Waals surface area (Å²) in [6.07, 6.45) is -4.01. The van der Waals surface area contributed by atoms with E-state index >= 15 is 0 Å². The summed E-state index contributed by atoms with van der Waals surface area (Å²) in [5.41, 5.74) is 5.12. The van der Waals surface area contributed by atoms with Crippen molar-refractivity contribution in [1.29, 1.82) is 0 Å². The van der Waals surface area contributed by atoms with Gasteiger partial charge >= 0.3 is 6.18 Å². The van der Waals surface area contributed by atoms with E-state index in [-0.39, 0.29) is 18.1 Å². The fourth-order valence-corrected chi connectivity index (χ4v) is 2.57. The molecular formula is C13H20F3N5O2S. The van der Waals surface area contributed by atoms with Crippen LogP contribution >= 0.6 is 11.8 Å². The maximum atomic E-state index is 12.1. The lowest BCUT2D eigenvalue weighted by molar-refractivity contribution is -0.136. The molecule has 1 heterocycles. The number of aryl methyl sites for hydroxylation is 1. The summed E-state index contributed by atoms with van der Waals surface area (Å²) >= 11 is 0.997. The third-order valence-electron chi connectivity index (χ3n) is 2.75. The Morgan fingerprint density at radius 2 is 2.00 bits per heavy atom. The second-order valence-corrected chi connectivity index (χ2v) is 6.49. The summed E-state index contributed by atoms with van der Waals surface area (Å²) in [5, 5.41) is 10.1. The van der Waals surface area contributed by atoms with E-state index in [1.807, 2.05) is 13.8 Å². The molecule has 0 atom stereocenters. The number of aromatic nitrogens is 3. The summed E-state index contributed by atoms with van der Waals surface area (Å²) in [4.78, 5) is 22.4. The average molecular weight is 367 g/mol. The van der Waals surface area contributed by atoms with Crippen molar-refractivity contribution in [3.8, 4) is 0 Å². The predicted octanol–water partition coefficient (Wildman–Crippen LogP) is 1.12. The largest absolute Gasteiger partial charge is 0.405 e. The van der Waals surface area contributed by atoms with Crippen LogP contribution in [0.4, 0.5) is 13.2 Å². The summed E-state index contributed by atoms with van der Waals surface area (Å²) in [5.74, 6) is -0.598. The van der Waals surface area contributed by atoms with Crippen molar-refractivity contribution in [2.24, 2.45) is 11.7 Å². The van der Waals surface area contributed by atoms with E-state index in [1.165, 1.54) is 0 Å². The van der Waals surface area contributed by atoms with Crippen molar-refractivity contribution in [1.82, 2.24) is 20.1 Å². The van der Waals surface area contributed by atoms with Gasteiger partial charge in [-0.1, -0.05) is 25.6 Å². The fourth-order valence-electron chi connectivity index (χ4n) is 1.77. The molecule has 2 amide bonds. The van der Waals surface area contributed by atoms with Crippen LogP contribution in [-0.4, -0.2) is 45.1 Å². The van der Waals surface area contributed by atoms with Crippen molar-refractivity contribution in [3.63, 3.8) is 0 Å². The number of nitrogens with zero attached hydrogens (tertiary/aromatic N) is 3. The Bertz CT molecular complexity index is 574. The maximum Gasteiger partial charge on any atom is 0.405 e. The molecular weight excluding hydrogens is 347 g/mol. The minimum Gasteiger partial charge on any atom is -0.370 e. The number of rotatable bonds is 9. The van der Waals surface area contributed by atoms with Gasteiger partial charge in [-0.3, -0.25) is 9.59 Å². The number of amides is 2. The maximum absolute atomic E-state index is 12.1. The number of thioether (sulfide) groups is 1. The van der Waals surface area contributed by atoms with Crippen molar-refractivity contribution in [3.05, 3.63) is 5.82 Å². The highest BCUT2D eigenvalue weighted by Crippen LogP contribution is 2.19. The summed E-state index contributed by atoms with van der Waals surface area (Å²) in [6, 6.07) is 0. The Balaban J connectivity index is 2.69. The molecule has 24 heavy (non-hydrogen) atoms. The summed E-state index contributed by atoms with van der Waals surface area (Å²) in [7, 11) is 0. The van der Waals surface area contributed by atoms with Crippen LogP contribution in [0.3, 0.4) is 0 Å². The van der Waals surface area contributed by atoms with Gasteiger partial charge in [-0.15, -0.1) is 10.2 Å². The number of carbonyl (C=O) groups excluding carboxylic acids is 2. The average Bonchev–Trinajstić information content (AvgIpc) is 2.81. The zero-order valence-electron chi connectivity index (χ0n) is 13.4. The lowest BCUT2D eigenvalue weighted by atomic mass is 10.2. The first-order chi connectivity index (χ1) is 11.1. The predicted molar refractivity (Wildman–Crippen MR) is 82.2 cm³/mol. The van der Waals surface area contributed by atoms with Crippen LogP contribution in [0.1, 0.15) is 26.1 Å². The van der Waals surface area contributed by atoms with Crippen molar-refractivity contribution < 1.29 is 22.8 Å². The Morgan fingerprint density at radius 3 is 2.54 bits per heavy atom. The number of alkyl halides is 3. The molecule has 0 radical (unpaired) electrons. The molecule has 0 bridgehead atoms. The van der Waals surface area contributed by atoms with E-state index in [9.17, 15) is 22.8 Å². The van der Waals surface area contributed by atoms with Gasteiger partial charge in [0.1, 0.15) is 12.4 Å². The quantitative estimate of drug-likeness (QED) is 0.637. The Labute approximate surface area is 141 Å². The monoisotopic (exact) mass is 367 g/mol. The Morgan fingerprint density at radius 1 is 1.33 bits per heavy atom. The topological polar surface area (TPSA) is 103 Å². The molecule has 7 nitrogen and oxygen atoms in total. The molecule has 0 aliphatic heterocycles. The van der Waals surface area contributed by atoms with Gasteiger partial charge in [-0.2, -0.15) is 13.2 Å². The molecule has 0 aromatic carbocycles. The van der Waals surface area contributed by atoms with Crippen LogP contribution < -0.4 is 11.1 Å². The number of primary amides is 1. The number of nitrogens with one attached hydrogen (secondary N) is 1. The molecule has 1 aromatic heterocycles. The van der Waals surface area contributed by atoms with E-state index in [0.29, 0.717) is 23.9 Å². The van der Waals surface area contributed by atoms with Crippen LogP contribution in [0, 0.1) is 5.92 Å². The first-order valence-corrected chi connectivity index (χ1v) is 8.23. The summed E-state index contributed by atoms with van der Waals surface area (Å²) in [6.45, 7) is 3.15. The van der Waals surface area contributed by atoms with Crippen molar-refractivity contribution >= 4 is 23.6 Å². The molecule has 0 aliphatic rings. The number of carbonyl (C=O) groups is 2. The smallest absolute Gasteiger partial charge is 0.370 e. The van der Waals surface area contributed by atoms with Crippen LogP contribution in [0.15, 0.2) is 5.16 Å². The lowest BCUT2D eigenvalue weighted by Crippen LogP contribution is -2.34. The highest BCUT2D eigenvalue weighted by molar-refractivity contribution is 7.99. The van der Waals surface area contributed by atoms with Crippen molar-refractivity contribution in [2.45, 2.75) is 44.6 Å². The second kappa shape index (κ2) is 8.90. The summed E-state index contributed by atoms with van der Waals surface area (Å²) < 4.78 is 37.9. The normalized spacial score (nSPS) is 11.8. The Kier molecular flexibility index (Phi) is 7.52. The van der Waals surface area contributed by atoms with E-state index in [0.717, 1.165) is 11.8 Å². The molecule has 0 aliphatic carbocycles. The Hall–Kier alpha value is -1.78. The van der Waals surface area contributed by atoms with E-state index in [2.05, 4.69) is 10.2 Å². The molecule has 0 saturated heterocycles. The van der Waals surface area contributed by atoms with Crippen LogP contribution in [-0.2, 0) is 22.6 Å². The standard InChI is InChI=1S/C13H20F3N5O2S/c1-8(2)5-21-10(4-3-9(17)22)19-20-12(21)24-6-11(23)18-7-13(14,15)16/h8H,3-7H2,1-2H3,(H2,17,22)(H,18,23). The first kappa shape index (κ1) is 20.3. The number of nitrogens with two attached hydrogens (primary N) is 1. The van der Waals surface area contributed by atoms with Gasteiger partial charge in [0.2, 0.25) is 11.8 Å². The highest BCUT2D eigenvalue weighted by atomic mass is 32.2. The van der Waals surface area contributed by atoms with Gasteiger partial charge in [-0.25, -0.2) is 0 Å². The molecule has 1 aromatic rings. The third-order valence-corrected chi connectivity index (χ3v) is 3.72. The minimum absolute atomic E-state index is 0.118. The third kappa shape index (κ3) is 7.66. The number of halogens is 3. The number of hydrogen-bond donors (Lipinski definition) is 2. The van der Waals surface area contributed by atoms with Crippen molar-refractivity contribution in [2.75, 3.05) is 12.3 Å². The molecule has 11 heteroatoms. The zero-order valence-corrected chi connectivity index (χ0v) is 14.2. The fraction of sp³-hybridized carbons (Fsp3) is 0.692. The van der Waals surface area contributed by atoms with E-state index in [4.69, 9.17) is 5.73 Å². The van der Waals surface area contributed by atoms with E-state index < -0.39 is 24.5 Å². The highest BCUT2D eigenvalue weighted by Gasteiger charge is 2.27. The molecule has 0 fully saturated rings. The molecule has 0 unspecified atom stereocenters. The number of hydrogen-bond acceptors (Lipinski definition) is 5. The van der Waals surface area contributed by atoms with Crippen LogP contribution in [0.5, 0.6) is 0 Å². The molecule has 136 valence electrons. The molecule has 0 spiro atoms. The minimum atomic E-state index is -4.44. The zero-order chi connectivity index (χ0) is 18.3. The van der Waals surface area contributed by atoms with Gasteiger partial charge in [0.15, 0.2) is 5.16 Å². The van der Waals surface area contributed by atoms with Crippen LogP contribution in [0.25, 0.3) is 0 Å². The first-order valence-electron chi connectivity index (χ1n) is 7.25. The SMILES string of the molecule is CC(C)Cn1c(CCC(N)=O)nnc1SCC(=O)NCC(F)(F)F. The van der Waals surface area contributed by atoms with Gasteiger partial charge in [0.05, 0.1) is 5.75 Å². The van der Waals surface area contributed by atoms with Gasteiger partial charge in [-0.05, 0) is 5.92 Å². The van der Waals surface area contributed by atoms with Gasteiger partial charge in [0, 0.05) is 19.4 Å². The van der Waals surface area contributed by atoms with Gasteiger partial charge in [0.25, 0.3) is 0 Å². The van der Waals surface area contributed by atoms with Gasteiger partial charge < -0.3 is 15.6 Å². The molecule has 3 N–H and O–H groups in total. The van der Waals surface area contributed by atoms with Crippen LogP contribution in [0.2, 0.25) is 0 Å².